The Bertz CT molecular complexity index is 829. The fraction of sp³-hybridized carbons (Fsp3) is 0.500. The van der Waals surface area contributed by atoms with Crippen LogP contribution >= 0.6 is 11.6 Å². The van der Waals surface area contributed by atoms with E-state index in [9.17, 15) is 9.59 Å². The molecule has 1 atom stereocenters. The van der Waals surface area contributed by atoms with Crippen LogP contribution in [0.5, 0.6) is 0 Å². The number of imidazole rings is 1. The fourth-order valence-corrected chi connectivity index (χ4v) is 3.72. The molecule has 7 heteroatoms. The first-order valence-electron chi connectivity index (χ1n) is 8.51. The number of pyridine rings is 1. The molecule has 0 N–H and O–H groups in total. The maximum absolute atomic E-state index is 11.9. The van der Waals surface area contributed by atoms with Gasteiger partial charge in [-0.1, -0.05) is 11.6 Å². The minimum atomic E-state index is -0.0164. The van der Waals surface area contributed by atoms with Gasteiger partial charge in [0, 0.05) is 50.9 Å². The first kappa shape index (κ1) is 17.7. The van der Waals surface area contributed by atoms with Crippen LogP contribution in [0, 0.1) is 12.8 Å². The average molecular weight is 363 g/mol. The lowest BCUT2D eigenvalue weighted by Crippen LogP contribution is -2.39. The van der Waals surface area contributed by atoms with Gasteiger partial charge in [-0.15, -0.1) is 0 Å². The molecular weight excluding hydrogens is 340 g/mol. The first-order chi connectivity index (χ1) is 11.9. The number of hydrogen-bond acceptors (Lipinski definition) is 3. The van der Waals surface area contributed by atoms with Crippen LogP contribution in [0.4, 0.5) is 0 Å². The van der Waals surface area contributed by atoms with Crippen LogP contribution in [0.3, 0.4) is 0 Å². The third-order valence-corrected chi connectivity index (χ3v) is 5.13. The molecule has 25 heavy (non-hydrogen) atoms. The molecule has 134 valence electrons. The van der Waals surface area contributed by atoms with Crippen LogP contribution in [-0.2, 0) is 18.4 Å². The van der Waals surface area contributed by atoms with E-state index >= 15 is 0 Å². The largest absolute Gasteiger partial charge is 0.343 e. The van der Waals surface area contributed by atoms with Crippen molar-refractivity contribution in [2.45, 2.75) is 33.2 Å². The minimum Gasteiger partial charge on any atom is -0.343 e. The Balaban J connectivity index is 1.90. The van der Waals surface area contributed by atoms with Crippen LogP contribution in [0.15, 0.2) is 23.3 Å². The Morgan fingerprint density at radius 3 is 2.88 bits per heavy atom. The maximum atomic E-state index is 11.9. The van der Waals surface area contributed by atoms with Crippen LogP contribution in [0.25, 0.3) is 11.4 Å². The zero-order valence-corrected chi connectivity index (χ0v) is 15.6. The number of nitrogens with zero attached hydrogens (tertiary/aromatic N) is 4. The lowest BCUT2D eigenvalue weighted by Gasteiger charge is -2.32. The summed E-state index contributed by atoms with van der Waals surface area (Å²) in [6, 6.07) is 1.85. The molecule has 0 spiro atoms. The Kier molecular flexibility index (Phi) is 4.99. The predicted molar refractivity (Wildman–Crippen MR) is 97.6 cm³/mol. The van der Waals surface area contributed by atoms with Gasteiger partial charge in [-0.3, -0.25) is 9.59 Å². The molecule has 1 amide bonds. The van der Waals surface area contributed by atoms with Gasteiger partial charge in [-0.25, -0.2) is 4.98 Å². The lowest BCUT2D eigenvalue weighted by molar-refractivity contribution is -0.130. The molecule has 0 unspecified atom stereocenters. The van der Waals surface area contributed by atoms with Crippen LogP contribution in [0.1, 0.15) is 25.3 Å². The highest BCUT2D eigenvalue weighted by atomic mass is 35.5. The number of carbonyl (C=O) groups excluding carboxylic acids is 1. The quantitative estimate of drug-likeness (QED) is 0.842. The van der Waals surface area contributed by atoms with Crippen molar-refractivity contribution in [2.75, 3.05) is 13.1 Å². The third kappa shape index (κ3) is 3.63. The number of carbonyl (C=O) groups is 1. The molecular formula is C18H23ClN4O2. The van der Waals surface area contributed by atoms with Gasteiger partial charge < -0.3 is 14.0 Å². The summed E-state index contributed by atoms with van der Waals surface area (Å²) in [5, 5.41) is 0.571. The first-order valence-corrected chi connectivity index (χ1v) is 8.88. The summed E-state index contributed by atoms with van der Waals surface area (Å²) in [5.74, 6) is 1.22. The summed E-state index contributed by atoms with van der Waals surface area (Å²) < 4.78 is 3.55. The van der Waals surface area contributed by atoms with Gasteiger partial charge in [-0.05, 0) is 31.7 Å². The van der Waals surface area contributed by atoms with Gasteiger partial charge in [0.15, 0.2) is 0 Å². The second kappa shape index (κ2) is 7.04. The predicted octanol–water partition coefficient (Wildman–Crippen LogP) is 2.47. The molecule has 0 aliphatic carbocycles. The van der Waals surface area contributed by atoms with E-state index in [1.165, 1.54) is 0 Å². The molecule has 0 radical (unpaired) electrons. The molecule has 1 aliphatic rings. The van der Waals surface area contributed by atoms with Gasteiger partial charge in [-0.2, -0.15) is 0 Å². The second-order valence-electron chi connectivity index (χ2n) is 6.82. The molecule has 1 aliphatic heterocycles. The topological polar surface area (TPSA) is 60.1 Å². The van der Waals surface area contributed by atoms with E-state index in [-0.39, 0.29) is 11.5 Å². The maximum Gasteiger partial charge on any atom is 0.253 e. The molecule has 2 aromatic rings. The van der Waals surface area contributed by atoms with Crippen LogP contribution in [-0.4, -0.2) is 38.0 Å². The Hall–Kier alpha value is -2.08. The van der Waals surface area contributed by atoms with Crippen LogP contribution < -0.4 is 5.56 Å². The van der Waals surface area contributed by atoms with E-state index in [4.69, 9.17) is 11.6 Å². The summed E-state index contributed by atoms with van der Waals surface area (Å²) in [4.78, 5) is 29.9. The Labute approximate surface area is 152 Å². The molecule has 0 saturated carbocycles. The van der Waals surface area contributed by atoms with Gasteiger partial charge in [0.05, 0.1) is 6.20 Å². The minimum absolute atomic E-state index is 0.0164. The molecule has 2 aromatic heterocycles. The zero-order valence-electron chi connectivity index (χ0n) is 14.8. The molecule has 6 nitrogen and oxygen atoms in total. The highest BCUT2D eigenvalue weighted by Crippen LogP contribution is 2.26. The van der Waals surface area contributed by atoms with Crippen molar-refractivity contribution < 1.29 is 4.79 Å². The van der Waals surface area contributed by atoms with Crippen molar-refractivity contribution in [3.05, 3.63) is 39.5 Å². The van der Waals surface area contributed by atoms with Crippen molar-refractivity contribution in [3.63, 3.8) is 0 Å². The highest BCUT2D eigenvalue weighted by molar-refractivity contribution is 6.29. The van der Waals surface area contributed by atoms with Gasteiger partial charge in [0.1, 0.15) is 11.0 Å². The van der Waals surface area contributed by atoms with E-state index in [1.807, 2.05) is 15.5 Å². The highest BCUT2D eigenvalue weighted by Gasteiger charge is 2.24. The summed E-state index contributed by atoms with van der Waals surface area (Å²) in [6.45, 7) is 5.70. The summed E-state index contributed by atoms with van der Waals surface area (Å²) >= 11 is 6.38. The Morgan fingerprint density at radius 2 is 2.20 bits per heavy atom. The fourth-order valence-electron chi connectivity index (χ4n) is 3.52. The third-order valence-electron chi connectivity index (χ3n) is 4.83. The molecule has 1 saturated heterocycles. The number of hydrogen-bond donors (Lipinski definition) is 0. The molecule has 1 fully saturated rings. The summed E-state index contributed by atoms with van der Waals surface area (Å²) in [7, 11) is 1.74. The van der Waals surface area contributed by atoms with Crippen molar-refractivity contribution in [1.29, 1.82) is 0 Å². The molecule has 0 aromatic carbocycles. The smallest absolute Gasteiger partial charge is 0.253 e. The van der Waals surface area contributed by atoms with E-state index < -0.39 is 0 Å². The lowest BCUT2D eigenvalue weighted by atomic mass is 9.97. The normalized spacial score (nSPS) is 17.8. The number of amides is 1. The number of rotatable bonds is 3. The number of aryl methyl sites for hydroxylation is 2. The Morgan fingerprint density at radius 1 is 1.44 bits per heavy atom. The van der Waals surface area contributed by atoms with E-state index in [0.717, 1.165) is 37.3 Å². The van der Waals surface area contributed by atoms with E-state index in [2.05, 4.69) is 4.98 Å². The number of piperidine rings is 1. The van der Waals surface area contributed by atoms with Crippen LogP contribution in [0.2, 0.25) is 5.15 Å². The zero-order chi connectivity index (χ0) is 18.1. The van der Waals surface area contributed by atoms with Gasteiger partial charge in [0.25, 0.3) is 5.56 Å². The van der Waals surface area contributed by atoms with E-state index in [1.54, 1.807) is 37.9 Å². The molecule has 3 heterocycles. The second-order valence-corrected chi connectivity index (χ2v) is 7.20. The number of aromatic nitrogens is 3. The monoisotopic (exact) mass is 362 g/mol. The number of likely N-dealkylation sites (tertiary alicyclic amines) is 1. The van der Waals surface area contributed by atoms with Crippen molar-refractivity contribution in [1.82, 2.24) is 19.0 Å². The summed E-state index contributed by atoms with van der Waals surface area (Å²) in [6.07, 6.45) is 5.49. The van der Waals surface area contributed by atoms with Gasteiger partial charge >= 0.3 is 0 Å². The molecule has 3 rings (SSSR count). The molecule has 0 bridgehead atoms. The SMILES string of the molecule is CC(=O)N1CCC[C@H](Cn2c(Cl)cnc2-c2cc(C)c(=O)n(C)c2)C1. The number of halogens is 1. The average Bonchev–Trinajstić information content (AvgIpc) is 2.93. The standard InChI is InChI=1S/C18H23ClN4O2/c1-12-7-15(11-21(3)18(12)25)17-20-8-16(19)23(17)10-14-5-4-6-22(9-14)13(2)24/h7-8,11,14H,4-6,9-10H2,1-3H3/t14-/m0/s1. The van der Waals surface area contributed by atoms with E-state index in [0.29, 0.717) is 23.2 Å². The van der Waals surface area contributed by atoms with Crippen molar-refractivity contribution in [3.8, 4) is 11.4 Å². The summed E-state index contributed by atoms with van der Waals surface area (Å²) in [5.41, 5.74) is 1.52. The van der Waals surface area contributed by atoms with Crippen molar-refractivity contribution >= 4 is 17.5 Å². The van der Waals surface area contributed by atoms with Crippen molar-refractivity contribution in [2.24, 2.45) is 13.0 Å². The van der Waals surface area contributed by atoms with Gasteiger partial charge in [0.2, 0.25) is 5.91 Å².